The van der Waals surface area contributed by atoms with E-state index in [1.54, 1.807) is 0 Å². The molecule has 64 heavy (non-hydrogen) atoms. The second-order valence-corrected chi connectivity index (χ2v) is 16.5. The van der Waals surface area contributed by atoms with Crippen molar-refractivity contribution in [3.05, 3.63) is 255 Å². The third-order valence-corrected chi connectivity index (χ3v) is 12.8. The minimum absolute atomic E-state index is 1.12. The van der Waals surface area contributed by atoms with Gasteiger partial charge in [0.05, 0.1) is 22.4 Å². The van der Waals surface area contributed by atoms with Gasteiger partial charge in [-0.05, 0) is 110 Å². The summed E-state index contributed by atoms with van der Waals surface area (Å²) in [4.78, 5) is 2.43. The van der Waals surface area contributed by atoms with Gasteiger partial charge in [0, 0.05) is 33.1 Å². The highest BCUT2D eigenvalue weighted by molar-refractivity contribution is 6.10. The number of hydrogen-bond donors (Lipinski definition) is 0. The van der Waals surface area contributed by atoms with Crippen molar-refractivity contribution in [2.24, 2.45) is 0 Å². The third kappa shape index (κ3) is 6.61. The first-order chi connectivity index (χ1) is 31.7. The minimum atomic E-state index is 1.12. The molecule has 2 heteroatoms. The van der Waals surface area contributed by atoms with Crippen LogP contribution in [0.2, 0.25) is 0 Å². The molecule has 0 aliphatic heterocycles. The normalized spacial score (nSPS) is 11.4. The molecule has 0 aliphatic rings. The van der Waals surface area contributed by atoms with Crippen molar-refractivity contribution in [3.63, 3.8) is 0 Å². The second-order valence-electron chi connectivity index (χ2n) is 16.5. The predicted octanol–water partition coefficient (Wildman–Crippen LogP) is 17.2. The van der Waals surface area contributed by atoms with Crippen molar-refractivity contribution < 1.29 is 0 Å². The van der Waals surface area contributed by atoms with Gasteiger partial charge in [-0.15, -0.1) is 0 Å². The SMILES string of the molecule is c1ccc(-c2cccc(-c3ccc(-n4c5ccccc5c5ccc(-c6ccc(-c7ccccc7N(c7ccc8ccccc8c7)c7cccc8ccccc78)cc6)cc54)cc3)c2)cc1. The van der Waals surface area contributed by atoms with Crippen LogP contribution in [0.25, 0.3) is 93.5 Å². The molecule has 1 aromatic heterocycles. The van der Waals surface area contributed by atoms with E-state index in [2.05, 4.69) is 264 Å². The fourth-order valence-corrected chi connectivity index (χ4v) is 9.62. The van der Waals surface area contributed by atoms with Crippen LogP contribution in [-0.2, 0) is 0 Å². The molecule has 0 saturated heterocycles. The van der Waals surface area contributed by atoms with E-state index in [-0.39, 0.29) is 0 Å². The van der Waals surface area contributed by atoms with Crippen molar-refractivity contribution in [1.82, 2.24) is 4.57 Å². The molecule has 0 saturated carbocycles. The maximum atomic E-state index is 2.43. The van der Waals surface area contributed by atoms with Crippen LogP contribution in [0.4, 0.5) is 17.1 Å². The van der Waals surface area contributed by atoms with Crippen LogP contribution >= 0.6 is 0 Å². The molecule has 12 aromatic rings. The van der Waals surface area contributed by atoms with Crippen molar-refractivity contribution in [2.45, 2.75) is 0 Å². The molecular weight excluding hydrogens is 773 g/mol. The fraction of sp³-hybridized carbons (Fsp3) is 0. The Morgan fingerprint density at radius 3 is 1.61 bits per heavy atom. The Balaban J connectivity index is 0.923. The highest BCUT2D eigenvalue weighted by Gasteiger charge is 2.20. The molecule has 0 N–H and O–H groups in total. The average molecular weight is 815 g/mol. The molecule has 0 unspecified atom stereocenters. The molecule has 0 spiro atoms. The molecule has 2 nitrogen and oxygen atoms in total. The van der Waals surface area contributed by atoms with Gasteiger partial charge < -0.3 is 9.47 Å². The maximum Gasteiger partial charge on any atom is 0.0547 e. The molecule has 0 fully saturated rings. The Labute approximate surface area is 373 Å². The highest BCUT2D eigenvalue weighted by Crippen LogP contribution is 2.44. The second kappa shape index (κ2) is 15.8. The summed E-state index contributed by atoms with van der Waals surface area (Å²) in [5.41, 5.74) is 16.5. The lowest BCUT2D eigenvalue weighted by Crippen LogP contribution is -2.11. The van der Waals surface area contributed by atoms with E-state index in [0.29, 0.717) is 0 Å². The van der Waals surface area contributed by atoms with Gasteiger partial charge in [-0.3, -0.25) is 0 Å². The summed E-state index contributed by atoms with van der Waals surface area (Å²) in [5, 5.41) is 7.35. The predicted molar refractivity (Wildman–Crippen MR) is 272 cm³/mol. The summed E-state index contributed by atoms with van der Waals surface area (Å²) < 4.78 is 2.41. The third-order valence-electron chi connectivity index (χ3n) is 12.8. The molecule has 300 valence electrons. The summed E-state index contributed by atoms with van der Waals surface area (Å²) in [7, 11) is 0. The monoisotopic (exact) mass is 814 g/mol. The van der Waals surface area contributed by atoms with E-state index in [9.17, 15) is 0 Å². The summed E-state index contributed by atoms with van der Waals surface area (Å²) in [5.74, 6) is 0. The molecule has 1 heterocycles. The van der Waals surface area contributed by atoms with Crippen LogP contribution in [0, 0.1) is 0 Å². The van der Waals surface area contributed by atoms with Crippen LogP contribution in [-0.4, -0.2) is 4.57 Å². The van der Waals surface area contributed by atoms with E-state index >= 15 is 0 Å². The van der Waals surface area contributed by atoms with Crippen molar-refractivity contribution >= 4 is 60.4 Å². The molecule has 0 amide bonds. The van der Waals surface area contributed by atoms with Gasteiger partial charge in [0.15, 0.2) is 0 Å². The fourth-order valence-electron chi connectivity index (χ4n) is 9.62. The van der Waals surface area contributed by atoms with Gasteiger partial charge in [0.2, 0.25) is 0 Å². The smallest absolute Gasteiger partial charge is 0.0547 e. The summed E-state index contributed by atoms with van der Waals surface area (Å²) >= 11 is 0. The zero-order valence-corrected chi connectivity index (χ0v) is 35.1. The number of anilines is 3. The molecule has 0 radical (unpaired) electrons. The van der Waals surface area contributed by atoms with E-state index in [1.165, 1.54) is 82.3 Å². The first-order valence-electron chi connectivity index (χ1n) is 22.0. The van der Waals surface area contributed by atoms with E-state index in [4.69, 9.17) is 0 Å². The molecule has 12 rings (SSSR count). The minimum Gasteiger partial charge on any atom is -0.309 e. The Morgan fingerprint density at radius 1 is 0.266 bits per heavy atom. The number of aromatic nitrogens is 1. The molecule has 0 atom stereocenters. The standard InChI is InChI=1S/C62H42N2/c1-2-14-43(15-3-1)49-20-12-21-50(40-49)46-32-36-53(37-33-46)63-61-26-11-9-24-57(61)58-39-35-52(42-62(58)63)45-28-30-48(31-29-45)56-23-8-10-25-59(56)64(54-38-34-44-16-4-5-18-51(44)41-54)60-27-13-19-47-17-6-7-22-55(47)60/h1-42H. The summed E-state index contributed by atoms with van der Waals surface area (Å²) in [6.45, 7) is 0. The van der Waals surface area contributed by atoms with Gasteiger partial charge in [-0.25, -0.2) is 0 Å². The quantitative estimate of drug-likeness (QED) is 0.148. The Bertz CT molecular complexity index is 3650. The zero-order valence-electron chi connectivity index (χ0n) is 35.1. The van der Waals surface area contributed by atoms with Crippen LogP contribution in [0.5, 0.6) is 0 Å². The van der Waals surface area contributed by atoms with E-state index in [0.717, 1.165) is 28.3 Å². The lowest BCUT2D eigenvalue weighted by atomic mass is 9.97. The summed E-state index contributed by atoms with van der Waals surface area (Å²) in [6, 6.07) is 92.7. The lowest BCUT2D eigenvalue weighted by Gasteiger charge is -2.29. The van der Waals surface area contributed by atoms with Crippen LogP contribution in [0.3, 0.4) is 0 Å². The lowest BCUT2D eigenvalue weighted by molar-refractivity contribution is 1.18. The molecule has 11 aromatic carbocycles. The number of para-hydroxylation sites is 2. The zero-order chi connectivity index (χ0) is 42.4. The number of fused-ring (bicyclic) bond motifs is 5. The Kier molecular flexibility index (Phi) is 9.20. The van der Waals surface area contributed by atoms with Crippen LogP contribution in [0.1, 0.15) is 0 Å². The van der Waals surface area contributed by atoms with Crippen molar-refractivity contribution in [1.29, 1.82) is 0 Å². The van der Waals surface area contributed by atoms with E-state index < -0.39 is 0 Å². The molecule has 0 bridgehead atoms. The topological polar surface area (TPSA) is 8.17 Å². The van der Waals surface area contributed by atoms with Crippen LogP contribution < -0.4 is 4.90 Å². The van der Waals surface area contributed by atoms with E-state index in [1.807, 2.05) is 0 Å². The van der Waals surface area contributed by atoms with Gasteiger partial charge in [-0.1, -0.05) is 200 Å². The largest absolute Gasteiger partial charge is 0.309 e. The van der Waals surface area contributed by atoms with Gasteiger partial charge in [-0.2, -0.15) is 0 Å². The molecule has 0 aliphatic carbocycles. The van der Waals surface area contributed by atoms with Crippen molar-refractivity contribution in [3.8, 4) is 50.2 Å². The number of rotatable bonds is 8. The average Bonchev–Trinajstić information content (AvgIpc) is 3.71. The Hall–Kier alpha value is -8.46. The summed E-state index contributed by atoms with van der Waals surface area (Å²) in [6.07, 6.45) is 0. The molecular formula is C62H42N2. The van der Waals surface area contributed by atoms with Gasteiger partial charge in [0.1, 0.15) is 0 Å². The number of hydrogen-bond acceptors (Lipinski definition) is 1. The van der Waals surface area contributed by atoms with Gasteiger partial charge >= 0.3 is 0 Å². The highest BCUT2D eigenvalue weighted by atomic mass is 15.1. The first-order valence-corrected chi connectivity index (χ1v) is 22.0. The van der Waals surface area contributed by atoms with Crippen LogP contribution in [0.15, 0.2) is 255 Å². The first kappa shape index (κ1) is 37.3. The Morgan fingerprint density at radius 2 is 0.797 bits per heavy atom. The number of nitrogens with zero attached hydrogens (tertiary/aromatic N) is 2. The van der Waals surface area contributed by atoms with Gasteiger partial charge in [0.25, 0.3) is 0 Å². The van der Waals surface area contributed by atoms with Crippen molar-refractivity contribution in [2.75, 3.05) is 4.90 Å². The number of benzene rings is 11. The maximum absolute atomic E-state index is 2.43.